The summed E-state index contributed by atoms with van der Waals surface area (Å²) in [5, 5.41) is 8.62. The Labute approximate surface area is 77.8 Å². The predicted octanol–water partition coefficient (Wildman–Crippen LogP) is 2.08. The highest BCUT2D eigenvalue weighted by Crippen LogP contribution is 2.28. The SMILES string of the molecule is N#CCc1cccc2c1OCCC2. The lowest BCUT2D eigenvalue weighted by Crippen LogP contribution is -2.10. The Bertz CT molecular complexity index is 352. The number of rotatable bonds is 1. The highest BCUT2D eigenvalue weighted by atomic mass is 16.5. The zero-order chi connectivity index (χ0) is 9.10. The third-order valence-corrected chi connectivity index (χ3v) is 2.28. The van der Waals surface area contributed by atoms with Crippen LogP contribution in [-0.4, -0.2) is 6.61 Å². The largest absolute Gasteiger partial charge is 0.493 e. The van der Waals surface area contributed by atoms with Crippen LogP contribution < -0.4 is 4.74 Å². The van der Waals surface area contributed by atoms with E-state index in [4.69, 9.17) is 10.00 Å². The van der Waals surface area contributed by atoms with E-state index in [0.29, 0.717) is 6.42 Å². The summed E-state index contributed by atoms with van der Waals surface area (Å²) in [6.45, 7) is 0.787. The lowest BCUT2D eigenvalue weighted by molar-refractivity contribution is 0.286. The van der Waals surface area contributed by atoms with E-state index in [2.05, 4.69) is 12.1 Å². The van der Waals surface area contributed by atoms with E-state index in [9.17, 15) is 0 Å². The van der Waals surface area contributed by atoms with Crippen molar-refractivity contribution in [2.24, 2.45) is 0 Å². The fourth-order valence-electron chi connectivity index (χ4n) is 1.68. The summed E-state index contributed by atoms with van der Waals surface area (Å²) in [6, 6.07) is 8.20. The molecule has 0 aliphatic carbocycles. The molecule has 1 heterocycles. The number of para-hydroxylation sites is 1. The van der Waals surface area contributed by atoms with Gasteiger partial charge in [-0.1, -0.05) is 18.2 Å². The van der Waals surface area contributed by atoms with Crippen molar-refractivity contribution in [3.63, 3.8) is 0 Å². The molecule has 0 bridgehead atoms. The molecule has 1 aliphatic heterocycles. The Morgan fingerprint density at radius 3 is 3.23 bits per heavy atom. The van der Waals surface area contributed by atoms with Crippen molar-refractivity contribution in [1.29, 1.82) is 5.26 Å². The molecule has 0 radical (unpaired) electrons. The number of nitrogens with zero attached hydrogens (tertiary/aromatic N) is 1. The lowest BCUT2D eigenvalue weighted by Gasteiger charge is -2.19. The highest BCUT2D eigenvalue weighted by Gasteiger charge is 2.13. The van der Waals surface area contributed by atoms with Crippen LogP contribution in [0.2, 0.25) is 0 Å². The molecule has 1 aromatic rings. The van der Waals surface area contributed by atoms with Gasteiger partial charge in [0, 0.05) is 5.56 Å². The van der Waals surface area contributed by atoms with Crippen LogP contribution in [-0.2, 0) is 12.8 Å². The topological polar surface area (TPSA) is 33.0 Å². The molecule has 1 aromatic carbocycles. The van der Waals surface area contributed by atoms with Crippen molar-refractivity contribution in [3.8, 4) is 11.8 Å². The first kappa shape index (κ1) is 8.12. The maximum absolute atomic E-state index is 8.62. The van der Waals surface area contributed by atoms with Gasteiger partial charge in [-0.2, -0.15) is 5.26 Å². The van der Waals surface area contributed by atoms with Crippen LogP contribution in [0.5, 0.6) is 5.75 Å². The normalized spacial score (nSPS) is 14.1. The fourth-order valence-corrected chi connectivity index (χ4v) is 1.68. The maximum Gasteiger partial charge on any atom is 0.126 e. The molecule has 1 aliphatic rings. The molecule has 13 heavy (non-hydrogen) atoms. The molecule has 2 rings (SSSR count). The Kier molecular flexibility index (Phi) is 2.18. The molecule has 66 valence electrons. The number of hydrogen-bond donors (Lipinski definition) is 0. The first-order chi connectivity index (χ1) is 6.42. The summed E-state index contributed by atoms with van der Waals surface area (Å²) in [5.74, 6) is 0.954. The van der Waals surface area contributed by atoms with E-state index in [1.807, 2.05) is 12.1 Å². The standard InChI is InChI=1S/C11H11NO/c12-7-6-10-4-1-3-9-5-2-8-13-11(9)10/h1,3-4H,2,5-6,8H2. The molecule has 0 aromatic heterocycles. The van der Waals surface area contributed by atoms with Crippen molar-refractivity contribution >= 4 is 0 Å². The molecule has 0 spiro atoms. The van der Waals surface area contributed by atoms with Crippen molar-refractivity contribution in [2.45, 2.75) is 19.3 Å². The van der Waals surface area contributed by atoms with Crippen molar-refractivity contribution < 1.29 is 4.74 Å². The second kappa shape index (κ2) is 3.49. The molecule has 0 unspecified atom stereocenters. The fraction of sp³-hybridized carbons (Fsp3) is 0.364. The van der Waals surface area contributed by atoms with E-state index < -0.39 is 0 Å². The van der Waals surface area contributed by atoms with Crippen LogP contribution in [0.3, 0.4) is 0 Å². The van der Waals surface area contributed by atoms with Gasteiger partial charge in [0.2, 0.25) is 0 Å². The number of fused-ring (bicyclic) bond motifs is 1. The first-order valence-electron chi connectivity index (χ1n) is 4.52. The number of hydrogen-bond acceptors (Lipinski definition) is 2. The summed E-state index contributed by atoms with van der Waals surface area (Å²) in [4.78, 5) is 0. The van der Waals surface area contributed by atoms with E-state index in [0.717, 1.165) is 30.8 Å². The average molecular weight is 173 g/mol. The van der Waals surface area contributed by atoms with Crippen LogP contribution in [0.1, 0.15) is 17.5 Å². The predicted molar refractivity (Wildman–Crippen MR) is 49.6 cm³/mol. The summed E-state index contributed by atoms with van der Waals surface area (Å²) >= 11 is 0. The molecule has 0 fully saturated rings. The van der Waals surface area contributed by atoms with Gasteiger partial charge in [-0.25, -0.2) is 0 Å². The summed E-state index contributed by atoms with van der Waals surface area (Å²) in [5.41, 5.74) is 2.28. The van der Waals surface area contributed by atoms with Gasteiger partial charge in [0.1, 0.15) is 5.75 Å². The molecule has 0 N–H and O–H groups in total. The first-order valence-corrected chi connectivity index (χ1v) is 4.52. The summed E-state index contributed by atoms with van der Waals surface area (Å²) in [7, 11) is 0. The number of aryl methyl sites for hydroxylation is 1. The lowest BCUT2D eigenvalue weighted by atomic mass is 10.0. The second-order valence-corrected chi connectivity index (χ2v) is 3.19. The molecular weight excluding hydrogens is 162 g/mol. The number of nitriles is 1. The van der Waals surface area contributed by atoms with Crippen LogP contribution in [0, 0.1) is 11.3 Å². The van der Waals surface area contributed by atoms with Crippen LogP contribution in [0.25, 0.3) is 0 Å². The van der Waals surface area contributed by atoms with Gasteiger partial charge < -0.3 is 4.74 Å². The third-order valence-electron chi connectivity index (χ3n) is 2.28. The minimum absolute atomic E-state index is 0.448. The summed E-state index contributed by atoms with van der Waals surface area (Å²) < 4.78 is 5.56. The molecular formula is C11H11NO. The minimum atomic E-state index is 0.448. The van der Waals surface area contributed by atoms with Gasteiger partial charge in [-0.3, -0.25) is 0 Å². The monoisotopic (exact) mass is 173 g/mol. The van der Waals surface area contributed by atoms with Gasteiger partial charge in [0.05, 0.1) is 19.1 Å². The van der Waals surface area contributed by atoms with Crippen LogP contribution in [0.4, 0.5) is 0 Å². The smallest absolute Gasteiger partial charge is 0.126 e. The van der Waals surface area contributed by atoms with Crippen molar-refractivity contribution in [2.75, 3.05) is 6.61 Å². The van der Waals surface area contributed by atoms with Gasteiger partial charge >= 0.3 is 0 Å². The Morgan fingerprint density at radius 2 is 2.38 bits per heavy atom. The van der Waals surface area contributed by atoms with Gasteiger partial charge in [-0.05, 0) is 18.4 Å². The Hall–Kier alpha value is -1.49. The number of ether oxygens (including phenoxy) is 1. The highest BCUT2D eigenvalue weighted by molar-refractivity contribution is 5.43. The Morgan fingerprint density at radius 1 is 1.46 bits per heavy atom. The third kappa shape index (κ3) is 1.50. The van der Waals surface area contributed by atoms with Crippen molar-refractivity contribution in [1.82, 2.24) is 0 Å². The maximum atomic E-state index is 8.62. The molecule has 0 atom stereocenters. The van der Waals surface area contributed by atoms with Crippen LogP contribution in [0.15, 0.2) is 18.2 Å². The molecule has 2 heteroatoms. The minimum Gasteiger partial charge on any atom is -0.493 e. The quantitative estimate of drug-likeness (QED) is 0.651. The van der Waals surface area contributed by atoms with E-state index in [-0.39, 0.29) is 0 Å². The Balaban J connectivity index is 2.41. The molecule has 0 saturated carbocycles. The second-order valence-electron chi connectivity index (χ2n) is 3.19. The average Bonchev–Trinajstić information content (AvgIpc) is 2.19. The van der Waals surface area contributed by atoms with E-state index in [1.165, 1.54) is 5.56 Å². The van der Waals surface area contributed by atoms with Crippen molar-refractivity contribution in [3.05, 3.63) is 29.3 Å². The molecule has 2 nitrogen and oxygen atoms in total. The molecule has 0 amide bonds. The van der Waals surface area contributed by atoms with E-state index in [1.54, 1.807) is 0 Å². The number of benzene rings is 1. The van der Waals surface area contributed by atoms with Gasteiger partial charge in [-0.15, -0.1) is 0 Å². The van der Waals surface area contributed by atoms with E-state index >= 15 is 0 Å². The van der Waals surface area contributed by atoms with Gasteiger partial charge in [0.15, 0.2) is 0 Å². The summed E-state index contributed by atoms with van der Waals surface area (Å²) in [6.07, 6.45) is 2.61. The molecule has 0 saturated heterocycles. The van der Waals surface area contributed by atoms with Crippen LogP contribution >= 0.6 is 0 Å². The zero-order valence-electron chi connectivity index (χ0n) is 7.42. The van der Waals surface area contributed by atoms with Gasteiger partial charge in [0.25, 0.3) is 0 Å². The zero-order valence-corrected chi connectivity index (χ0v) is 7.42.